The van der Waals surface area contributed by atoms with Gasteiger partial charge in [-0.2, -0.15) is 0 Å². The second-order valence-corrected chi connectivity index (χ2v) is 6.12. The van der Waals surface area contributed by atoms with Crippen LogP contribution in [0.3, 0.4) is 0 Å². The van der Waals surface area contributed by atoms with E-state index < -0.39 is 0 Å². The van der Waals surface area contributed by atoms with E-state index >= 15 is 0 Å². The number of nitrogens with two attached hydrogens (primary N) is 1. The molecule has 0 aromatic carbocycles. The van der Waals surface area contributed by atoms with Gasteiger partial charge in [-0.05, 0) is 44.8 Å². The summed E-state index contributed by atoms with van der Waals surface area (Å²) in [5.41, 5.74) is 5.54. The minimum Gasteiger partial charge on any atom is -0.330 e. The lowest BCUT2D eigenvalue weighted by molar-refractivity contribution is 0.125. The van der Waals surface area contributed by atoms with Crippen molar-refractivity contribution >= 4 is 0 Å². The molecule has 2 aliphatic rings. The number of hydrogen-bond acceptors (Lipinski definition) is 3. The van der Waals surface area contributed by atoms with Gasteiger partial charge in [0.1, 0.15) is 0 Å². The zero-order valence-electron chi connectivity index (χ0n) is 11.9. The van der Waals surface area contributed by atoms with Gasteiger partial charge in [-0.15, -0.1) is 0 Å². The SMILES string of the molecule is NCCCCN1CCN(CCC2CCCC2)CC1. The molecule has 18 heavy (non-hydrogen) atoms. The third-order valence-corrected chi connectivity index (χ3v) is 4.72. The van der Waals surface area contributed by atoms with Crippen LogP contribution in [0.4, 0.5) is 0 Å². The molecule has 2 N–H and O–H groups in total. The summed E-state index contributed by atoms with van der Waals surface area (Å²) >= 11 is 0. The van der Waals surface area contributed by atoms with Crippen LogP contribution in [0.25, 0.3) is 0 Å². The van der Waals surface area contributed by atoms with Gasteiger partial charge in [0.15, 0.2) is 0 Å². The highest BCUT2D eigenvalue weighted by Gasteiger charge is 2.19. The van der Waals surface area contributed by atoms with Crippen LogP contribution in [-0.4, -0.2) is 55.6 Å². The summed E-state index contributed by atoms with van der Waals surface area (Å²) in [5.74, 6) is 1.05. The Labute approximate surface area is 113 Å². The van der Waals surface area contributed by atoms with E-state index in [1.54, 1.807) is 0 Å². The number of rotatable bonds is 7. The van der Waals surface area contributed by atoms with E-state index in [0.717, 1.165) is 12.5 Å². The Morgan fingerprint density at radius 3 is 2.06 bits per heavy atom. The molecule has 3 heteroatoms. The molecule has 0 radical (unpaired) electrons. The van der Waals surface area contributed by atoms with E-state index in [0.29, 0.717) is 0 Å². The van der Waals surface area contributed by atoms with E-state index in [2.05, 4.69) is 9.80 Å². The van der Waals surface area contributed by atoms with Crippen LogP contribution in [0.5, 0.6) is 0 Å². The third kappa shape index (κ3) is 4.87. The van der Waals surface area contributed by atoms with Crippen molar-refractivity contribution in [1.29, 1.82) is 0 Å². The molecule has 1 saturated heterocycles. The molecular weight excluding hydrogens is 222 g/mol. The lowest BCUT2D eigenvalue weighted by atomic mass is 10.0. The molecule has 3 nitrogen and oxygen atoms in total. The molecule has 1 heterocycles. The van der Waals surface area contributed by atoms with Crippen LogP contribution in [0.1, 0.15) is 44.9 Å². The van der Waals surface area contributed by atoms with Crippen molar-refractivity contribution in [3.8, 4) is 0 Å². The molecule has 2 fully saturated rings. The Morgan fingerprint density at radius 2 is 1.44 bits per heavy atom. The minimum absolute atomic E-state index is 0.849. The first-order valence-electron chi connectivity index (χ1n) is 8.03. The molecule has 0 atom stereocenters. The molecule has 0 aromatic heterocycles. The first-order valence-corrected chi connectivity index (χ1v) is 8.03. The molecular formula is C15H31N3. The van der Waals surface area contributed by atoms with Crippen LogP contribution in [0.2, 0.25) is 0 Å². The van der Waals surface area contributed by atoms with Gasteiger partial charge in [-0.1, -0.05) is 25.7 Å². The van der Waals surface area contributed by atoms with Crippen LogP contribution < -0.4 is 5.73 Å². The average Bonchev–Trinajstić information content (AvgIpc) is 2.91. The summed E-state index contributed by atoms with van der Waals surface area (Å²) in [4.78, 5) is 5.29. The summed E-state index contributed by atoms with van der Waals surface area (Å²) in [5, 5.41) is 0. The molecule has 1 aliphatic carbocycles. The lowest BCUT2D eigenvalue weighted by Crippen LogP contribution is -2.47. The van der Waals surface area contributed by atoms with Gasteiger partial charge < -0.3 is 15.5 Å². The fourth-order valence-electron chi connectivity index (χ4n) is 3.38. The van der Waals surface area contributed by atoms with E-state index in [4.69, 9.17) is 5.73 Å². The highest BCUT2D eigenvalue weighted by molar-refractivity contribution is 4.74. The predicted octanol–water partition coefficient (Wildman–Crippen LogP) is 1.92. The first-order chi connectivity index (χ1) is 8.88. The van der Waals surface area contributed by atoms with Crippen LogP contribution in [-0.2, 0) is 0 Å². The van der Waals surface area contributed by atoms with Crippen molar-refractivity contribution in [2.45, 2.75) is 44.9 Å². The molecule has 2 rings (SSSR count). The van der Waals surface area contributed by atoms with Gasteiger partial charge in [0.05, 0.1) is 0 Å². The van der Waals surface area contributed by atoms with Crippen LogP contribution in [0, 0.1) is 5.92 Å². The zero-order valence-corrected chi connectivity index (χ0v) is 11.9. The van der Waals surface area contributed by atoms with Gasteiger partial charge in [0.2, 0.25) is 0 Å². The molecule has 106 valence electrons. The highest BCUT2D eigenvalue weighted by atomic mass is 15.3. The summed E-state index contributed by atoms with van der Waals surface area (Å²) in [7, 11) is 0. The van der Waals surface area contributed by atoms with Crippen molar-refractivity contribution in [1.82, 2.24) is 9.80 Å². The van der Waals surface area contributed by atoms with Crippen molar-refractivity contribution in [3.05, 3.63) is 0 Å². The van der Waals surface area contributed by atoms with Crippen LogP contribution >= 0.6 is 0 Å². The largest absolute Gasteiger partial charge is 0.330 e. The Morgan fingerprint density at radius 1 is 0.833 bits per heavy atom. The van der Waals surface area contributed by atoms with E-state index in [1.807, 2.05) is 0 Å². The topological polar surface area (TPSA) is 32.5 Å². The molecule has 1 saturated carbocycles. The van der Waals surface area contributed by atoms with Gasteiger partial charge in [0, 0.05) is 26.2 Å². The van der Waals surface area contributed by atoms with Crippen molar-refractivity contribution < 1.29 is 0 Å². The van der Waals surface area contributed by atoms with Crippen molar-refractivity contribution in [3.63, 3.8) is 0 Å². The summed E-state index contributed by atoms with van der Waals surface area (Å²) < 4.78 is 0. The standard InChI is InChI=1S/C15H31N3/c16-8-3-4-9-17-11-13-18(14-12-17)10-7-15-5-1-2-6-15/h15H,1-14,16H2. The molecule has 0 bridgehead atoms. The number of unbranched alkanes of at least 4 members (excludes halogenated alkanes) is 1. The van der Waals surface area contributed by atoms with Gasteiger partial charge in [0.25, 0.3) is 0 Å². The number of piperazine rings is 1. The fraction of sp³-hybridized carbons (Fsp3) is 1.00. The smallest absolute Gasteiger partial charge is 0.0110 e. The fourth-order valence-corrected chi connectivity index (χ4v) is 3.38. The monoisotopic (exact) mass is 253 g/mol. The first kappa shape index (κ1) is 14.3. The maximum atomic E-state index is 5.54. The van der Waals surface area contributed by atoms with Crippen molar-refractivity contribution in [2.24, 2.45) is 11.7 Å². The Kier molecular flexibility index (Phi) is 6.46. The average molecular weight is 253 g/mol. The van der Waals surface area contributed by atoms with Crippen LogP contribution in [0.15, 0.2) is 0 Å². The van der Waals surface area contributed by atoms with E-state index in [9.17, 15) is 0 Å². The Balaban J connectivity index is 1.52. The second-order valence-electron chi connectivity index (χ2n) is 6.12. The van der Waals surface area contributed by atoms with E-state index in [-0.39, 0.29) is 0 Å². The van der Waals surface area contributed by atoms with Gasteiger partial charge >= 0.3 is 0 Å². The van der Waals surface area contributed by atoms with Gasteiger partial charge in [-0.3, -0.25) is 0 Å². The summed E-state index contributed by atoms with van der Waals surface area (Å²) in [6.45, 7) is 8.57. The molecule has 0 aromatic rings. The van der Waals surface area contributed by atoms with E-state index in [1.165, 1.54) is 84.2 Å². The molecule has 0 spiro atoms. The number of hydrogen-bond donors (Lipinski definition) is 1. The highest BCUT2D eigenvalue weighted by Crippen LogP contribution is 2.27. The number of nitrogens with zero attached hydrogens (tertiary/aromatic N) is 2. The zero-order chi connectivity index (χ0) is 12.6. The minimum atomic E-state index is 0.849. The molecule has 0 amide bonds. The summed E-state index contributed by atoms with van der Waals surface area (Å²) in [6.07, 6.45) is 9.88. The Hall–Kier alpha value is -0.120. The normalized spacial score (nSPS) is 23.8. The maximum Gasteiger partial charge on any atom is 0.0110 e. The third-order valence-electron chi connectivity index (χ3n) is 4.72. The predicted molar refractivity (Wildman–Crippen MR) is 77.7 cm³/mol. The molecule has 0 unspecified atom stereocenters. The quantitative estimate of drug-likeness (QED) is 0.704. The molecule has 1 aliphatic heterocycles. The Bertz CT molecular complexity index is 206. The van der Waals surface area contributed by atoms with Crippen molar-refractivity contribution in [2.75, 3.05) is 45.8 Å². The summed E-state index contributed by atoms with van der Waals surface area (Å²) in [6, 6.07) is 0. The maximum absolute atomic E-state index is 5.54. The second kappa shape index (κ2) is 8.13. The lowest BCUT2D eigenvalue weighted by Gasteiger charge is -2.35. The van der Waals surface area contributed by atoms with Gasteiger partial charge in [-0.25, -0.2) is 0 Å².